The molecule has 0 aliphatic carbocycles. The molecule has 0 radical (unpaired) electrons. The first-order chi connectivity index (χ1) is 11.7. The van der Waals surface area contributed by atoms with E-state index in [1.807, 2.05) is 34.1 Å². The zero-order valence-corrected chi connectivity index (χ0v) is 14.4. The number of ether oxygens (including phenoxy) is 1. The van der Waals surface area contributed by atoms with Crippen LogP contribution in [0.3, 0.4) is 0 Å². The van der Waals surface area contributed by atoms with Crippen LogP contribution in [-0.2, 0) is 16.0 Å². The number of hydrogen-bond acceptors (Lipinski definition) is 3. The molecule has 2 amide bonds. The molecule has 2 aliphatic rings. The molecule has 24 heavy (non-hydrogen) atoms. The number of aryl methyl sites for hydroxylation is 1. The minimum atomic E-state index is 0.0656. The van der Waals surface area contributed by atoms with Crippen molar-refractivity contribution in [2.45, 2.75) is 26.2 Å². The third kappa shape index (κ3) is 3.78. The van der Waals surface area contributed by atoms with Gasteiger partial charge >= 0.3 is 0 Å². The maximum atomic E-state index is 12.6. The third-order valence-corrected chi connectivity index (χ3v) is 5.06. The quantitative estimate of drug-likeness (QED) is 0.851. The highest BCUT2D eigenvalue weighted by atomic mass is 16.5. The first kappa shape index (κ1) is 17.0. The molecule has 130 valence electrons. The average Bonchev–Trinajstić information content (AvgIpc) is 2.68. The van der Waals surface area contributed by atoms with Crippen LogP contribution >= 0.6 is 0 Å². The molecule has 1 aromatic carbocycles. The number of piperazine rings is 1. The monoisotopic (exact) mass is 330 g/mol. The Bertz CT molecular complexity index is 571. The molecule has 2 fully saturated rings. The van der Waals surface area contributed by atoms with E-state index in [4.69, 9.17) is 4.74 Å². The third-order valence-electron chi connectivity index (χ3n) is 5.06. The Hall–Kier alpha value is -1.88. The molecule has 5 nitrogen and oxygen atoms in total. The number of benzene rings is 1. The first-order valence-corrected chi connectivity index (χ1v) is 8.93. The largest absolute Gasteiger partial charge is 0.381 e. The number of nitrogens with zero attached hydrogens (tertiary/aromatic N) is 2. The lowest BCUT2D eigenvalue weighted by Gasteiger charge is -2.37. The van der Waals surface area contributed by atoms with Crippen LogP contribution in [0.5, 0.6) is 0 Å². The van der Waals surface area contributed by atoms with Crippen molar-refractivity contribution in [2.75, 3.05) is 39.4 Å². The zero-order chi connectivity index (χ0) is 16.9. The Kier molecular flexibility index (Phi) is 5.51. The molecule has 0 spiro atoms. The molecule has 0 bridgehead atoms. The van der Waals surface area contributed by atoms with Crippen molar-refractivity contribution in [1.82, 2.24) is 9.80 Å². The van der Waals surface area contributed by atoms with E-state index >= 15 is 0 Å². The summed E-state index contributed by atoms with van der Waals surface area (Å²) in [7, 11) is 0. The molecule has 2 aliphatic heterocycles. The minimum absolute atomic E-state index is 0.0656. The van der Waals surface area contributed by atoms with E-state index in [-0.39, 0.29) is 17.7 Å². The van der Waals surface area contributed by atoms with Gasteiger partial charge in [-0.25, -0.2) is 0 Å². The SMILES string of the molecule is CCc1ccc(C(=O)N2CCN(C(=O)C3CCOCC3)CC2)cc1. The highest BCUT2D eigenvalue weighted by Gasteiger charge is 2.30. The predicted octanol–water partition coefficient (Wildman–Crippen LogP) is 1.96. The van der Waals surface area contributed by atoms with E-state index < -0.39 is 0 Å². The summed E-state index contributed by atoms with van der Waals surface area (Å²) < 4.78 is 5.33. The molecule has 2 heterocycles. The van der Waals surface area contributed by atoms with Crippen LogP contribution in [-0.4, -0.2) is 61.0 Å². The first-order valence-electron chi connectivity index (χ1n) is 8.93. The van der Waals surface area contributed by atoms with Gasteiger partial charge in [0.2, 0.25) is 5.91 Å². The summed E-state index contributed by atoms with van der Waals surface area (Å²) in [6.07, 6.45) is 2.62. The molecule has 1 aromatic rings. The second-order valence-electron chi connectivity index (χ2n) is 6.55. The molecule has 2 saturated heterocycles. The molecule has 0 unspecified atom stereocenters. The Morgan fingerprint density at radius 2 is 1.58 bits per heavy atom. The van der Waals surface area contributed by atoms with Crippen molar-refractivity contribution >= 4 is 11.8 Å². The number of rotatable bonds is 3. The molecular weight excluding hydrogens is 304 g/mol. The van der Waals surface area contributed by atoms with Crippen molar-refractivity contribution in [3.63, 3.8) is 0 Å². The second kappa shape index (κ2) is 7.79. The lowest BCUT2D eigenvalue weighted by Crippen LogP contribution is -2.52. The summed E-state index contributed by atoms with van der Waals surface area (Å²) >= 11 is 0. The maximum Gasteiger partial charge on any atom is 0.253 e. The van der Waals surface area contributed by atoms with Gasteiger partial charge in [0.1, 0.15) is 0 Å². The van der Waals surface area contributed by atoms with Gasteiger partial charge in [0.05, 0.1) is 0 Å². The number of carbonyl (C=O) groups excluding carboxylic acids is 2. The normalized spacial score (nSPS) is 19.4. The molecular formula is C19H26N2O3. The standard InChI is InChI=1S/C19H26N2O3/c1-2-15-3-5-16(6-4-15)18(22)20-9-11-21(12-10-20)19(23)17-7-13-24-14-8-17/h3-6,17H,2,7-14H2,1H3. The smallest absolute Gasteiger partial charge is 0.253 e. The highest BCUT2D eigenvalue weighted by Crippen LogP contribution is 2.19. The van der Waals surface area contributed by atoms with Crippen LogP contribution in [0.4, 0.5) is 0 Å². The van der Waals surface area contributed by atoms with Crippen molar-refractivity contribution in [3.05, 3.63) is 35.4 Å². The lowest BCUT2D eigenvalue weighted by molar-refractivity contribution is -0.140. The van der Waals surface area contributed by atoms with Crippen molar-refractivity contribution in [1.29, 1.82) is 0 Å². The number of carbonyl (C=O) groups is 2. The van der Waals surface area contributed by atoms with Crippen LogP contribution in [0.1, 0.15) is 35.7 Å². The Morgan fingerprint density at radius 1 is 1.00 bits per heavy atom. The van der Waals surface area contributed by atoms with Gasteiger partial charge in [0.25, 0.3) is 5.91 Å². The average molecular weight is 330 g/mol. The number of amides is 2. The van der Waals surface area contributed by atoms with Gasteiger partial charge in [-0.2, -0.15) is 0 Å². The molecule has 3 rings (SSSR count). The van der Waals surface area contributed by atoms with E-state index in [9.17, 15) is 9.59 Å². The second-order valence-corrected chi connectivity index (χ2v) is 6.55. The minimum Gasteiger partial charge on any atom is -0.381 e. The summed E-state index contributed by atoms with van der Waals surface area (Å²) in [5.41, 5.74) is 1.97. The van der Waals surface area contributed by atoms with E-state index in [2.05, 4.69) is 6.92 Å². The fraction of sp³-hybridized carbons (Fsp3) is 0.579. The van der Waals surface area contributed by atoms with E-state index in [0.29, 0.717) is 39.4 Å². The summed E-state index contributed by atoms with van der Waals surface area (Å²) in [6, 6.07) is 7.83. The van der Waals surface area contributed by atoms with Gasteiger partial charge in [-0.3, -0.25) is 9.59 Å². The summed E-state index contributed by atoms with van der Waals surface area (Å²) in [5.74, 6) is 0.399. The number of hydrogen-bond donors (Lipinski definition) is 0. The fourth-order valence-electron chi connectivity index (χ4n) is 3.40. The Morgan fingerprint density at radius 3 is 2.17 bits per heavy atom. The van der Waals surface area contributed by atoms with Gasteiger partial charge in [-0.05, 0) is 37.0 Å². The van der Waals surface area contributed by atoms with Crippen molar-refractivity contribution in [3.8, 4) is 0 Å². The summed E-state index contributed by atoms with van der Waals surface area (Å²) in [6.45, 7) is 5.97. The molecule has 0 saturated carbocycles. The van der Waals surface area contributed by atoms with E-state index in [1.165, 1.54) is 5.56 Å². The fourth-order valence-corrected chi connectivity index (χ4v) is 3.40. The molecule has 0 atom stereocenters. The van der Waals surface area contributed by atoms with Crippen LogP contribution in [0.2, 0.25) is 0 Å². The van der Waals surface area contributed by atoms with Gasteiger partial charge in [-0.1, -0.05) is 19.1 Å². The zero-order valence-electron chi connectivity index (χ0n) is 14.4. The van der Waals surface area contributed by atoms with Crippen LogP contribution in [0.25, 0.3) is 0 Å². The molecule has 0 N–H and O–H groups in total. The van der Waals surface area contributed by atoms with Gasteiger partial charge in [0.15, 0.2) is 0 Å². The van der Waals surface area contributed by atoms with Crippen LogP contribution < -0.4 is 0 Å². The molecule has 5 heteroatoms. The summed E-state index contributed by atoms with van der Waals surface area (Å²) in [4.78, 5) is 28.9. The van der Waals surface area contributed by atoms with Gasteiger partial charge < -0.3 is 14.5 Å². The lowest BCUT2D eigenvalue weighted by atomic mass is 9.98. The van der Waals surface area contributed by atoms with Crippen molar-refractivity contribution in [2.24, 2.45) is 5.92 Å². The van der Waals surface area contributed by atoms with E-state index in [1.54, 1.807) is 0 Å². The molecule has 0 aromatic heterocycles. The Balaban J connectivity index is 1.54. The van der Waals surface area contributed by atoms with Gasteiger partial charge in [-0.15, -0.1) is 0 Å². The van der Waals surface area contributed by atoms with Gasteiger partial charge in [0, 0.05) is 50.9 Å². The van der Waals surface area contributed by atoms with E-state index in [0.717, 1.165) is 24.8 Å². The summed E-state index contributed by atoms with van der Waals surface area (Å²) in [5, 5.41) is 0. The van der Waals surface area contributed by atoms with Crippen LogP contribution in [0, 0.1) is 5.92 Å². The Labute approximate surface area is 143 Å². The van der Waals surface area contributed by atoms with Crippen LogP contribution in [0.15, 0.2) is 24.3 Å². The van der Waals surface area contributed by atoms with Crippen molar-refractivity contribution < 1.29 is 14.3 Å². The topological polar surface area (TPSA) is 49.9 Å². The maximum absolute atomic E-state index is 12.6. The predicted molar refractivity (Wildman–Crippen MR) is 91.8 cm³/mol. The highest BCUT2D eigenvalue weighted by molar-refractivity contribution is 5.94.